The van der Waals surface area contributed by atoms with E-state index in [9.17, 15) is 19.8 Å². The molecule has 0 radical (unpaired) electrons. The molecule has 3 fully saturated rings. The predicted molar refractivity (Wildman–Crippen MR) is 161 cm³/mol. The molecule has 7 nitrogen and oxygen atoms in total. The van der Waals surface area contributed by atoms with Crippen LogP contribution in [0.1, 0.15) is 56.6 Å². The normalized spacial score (nSPS) is 27.1. The van der Waals surface area contributed by atoms with Crippen molar-refractivity contribution in [1.29, 1.82) is 0 Å². The van der Waals surface area contributed by atoms with Crippen molar-refractivity contribution in [3.05, 3.63) is 82.4 Å². The minimum Gasteiger partial charge on any atom is -0.507 e. The Kier molecular flexibility index (Phi) is 8.61. The number of benzene rings is 2. The van der Waals surface area contributed by atoms with Gasteiger partial charge in [-0.3, -0.25) is 19.4 Å². The molecule has 2 amide bonds. The summed E-state index contributed by atoms with van der Waals surface area (Å²) in [6, 6.07) is 17.7. The van der Waals surface area contributed by atoms with E-state index in [4.69, 9.17) is 4.74 Å². The van der Waals surface area contributed by atoms with Crippen molar-refractivity contribution in [2.45, 2.75) is 64.1 Å². The fourth-order valence-corrected chi connectivity index (χ4v) is 7.68. The summed E-state index contributed by atoms with van der Waals surface area (Å²) in [5.74, 6) is -0.770. The van der Waals surface area contributed by atoms with Crippen molar-refractivity contribution in [1.82, 2.24) is 9.80 Å². The van der Waals surface area contributed by atoms with Gasteiger partial charge in [-0.15, -0.1) is 0 Å². The van der Waals surface area contributed by atoms with Gasteiger partial charge < -0.3 is 14.9 Å². The molecule has 4 atom stereocenters. The van der Waals surface area contributed by atoms with E-state index >= 15 is 0 Å². The van der Waals surface area contributed by atoms with Crippen LogP contribution >= 0.6 is 0 Å². The number of aliphatic hydroxyl groups excluding tert-OH is 1. The van der Waals surface area contributed by atoms with E-state index in [1.807, 2.05) is 30.3 Å². The second-order valence-electron chi connectivity index (χ2n) is 12.3. The van der Waals surface area contributed by atoms with Crippen LogP contribution < -0.4 is 0 Å². The van der Waals surface area contributed by atoms with Crippen molar-refractivity contribution in [3.63, 3.8) is 0 Å². The minimum atomic E-state index is -0.398. The Labute approximate surface area is 248 Å². The first-order chi connectivity index (χ1) is 20.5. The lowest BCUT2D eigenvalue weighted by Gasteiger charge is -2.36. The fraction of sp³-hybridized carbons (Fsp3) is 0.486. The van der Waals surface area contributed by atoms with Gasteiger partial charge in [0.1, 0.15) is 5.75 Å². The molecule has 2 aromatic carbocycles. The number of hydrogen-bond acceptors (Lipinski definition) is 6. The van der Waals surface area contributed by atoms with E-state index in [1.54, 1.807) is 11.0 Å². The summed E-state index contributed by atoms with van der Waals surface area (Å²) in [6.45, 7) is 5.02. The third-order valence-electron chi connectivity index (χ3n) is 9.88. The molecule has 2 aromatic rings. The van der Waals surface area contributed by atoms with E-state index in [0.717, 1.165) is 68.4 Å². The second kappa shape index (κ2) is 12.5. The number of para-hydroxylation sites is 1. The zero-order valence-corrected chi connectivity index (χ0v) is 24.5. The Morgan fingerprint density at radius 2 is 1.74 bits per heavy atom. The largest absolute Gasteiger partial charge is 0.507 e. The number of aliphatic hydroxyl groups is 1. The molecular weight excluding hydrogens is 528 g/mol. The number of piperidine rings is 1. The number of phenols is 1. The Hall–Kier alpha value is -3.26. The number of amides is 2. The predicted octanol–water partition coefficient (Wildman–Crippen LogP) is 4.94. The van der Waals surface area contributed by atoms with Gasteiger partial charge in [-0.2, -0.15) is 0 Å². The van der Waals surface area contributed by atoms with E-state index in [-0.39, 0.29) is 42.2 Å². The summed E-state index contributed by atoms with van der Waals surface area (Å²) in [5.41, 5.74) is 5.22. The Morgan fingerprint density at radius 1 is 1.00 bits per heavy atom. The second-order valence-corrected chi connectivity index (χ2v) is 12.3. The summed E-state index contributed by atoms with van der Waals surface area (Å²) >= 11 is 0. The summed E-state index contributed by atoms with van der Waals surface area (Å²) in [5, 5.41) is 20.6. The average Bonchev–Trinajstić information content (AvgIpc) is 3.54. The summed E-state index contributed by atoms with van der Waals surface area (Å²) < 4.78 is 6.31. The molecule has 42 heavy (non-hydrogen) atoms. The Bertz CT molecular complexity index is 1360. The van der Waals surface area contributed by atoms with Gasteiger partial charge in [0.15, 0.2) is 0 Å². The molecule has 0 bridgehead atoms. The summed E-state index contributed by atoms with van der Waals surface area (Å²) in [4.78, 5) is 31.7. The molecule has 0 spiro atoms. The zero-order chi connectivity index (χ0) is 29.2. The highest BCUT2D eigenvalue weighted by atomic mass is 16.5. The number of imide groups is 1. The summed E-state index contributed by atoms with van der Waals surface area (Å²) in [7, 11) is 0. The van der Waals surface area contributed by atoms with Crippen molar-refractivity contribution in [3.8, 4) is 5.75 Å². The van der Waals surface area contributed by atoms with Crippen LogP contribution in [0.5, 0.6) is 5.75 Å². The number of aromatic hydroxyl groups is 1. The standard InChI is InChI=1S/C35H42N2O5/c1-2-23(18-25-10-6-7-11-30(25)39)12-13-31-32-26(21-38)19-28-33(29(32)22-42-31)35(41)37(34(28)40)27-14-16-36(17-15-27)20-24-8-4-3-5-9-24/h3-11,18,27-29,31,33,38-39H,2,12-17,19-22H2,1H3/b23-18+/t28-,29+,31-,33-/m1/s1. The van der Waals surface area contributed by atoms with E-state index in [2.05, 4.69) is 36.1 Å². The lowest BCUT2D eigenvalue weighted by molar-refractivity contribution is -0.144. The van der Waals surface area contributed by atoms with Gasteiger partial charge in [-0.1, -0.05) is 67.1 Å². The molecule has 0 saturated carbocycles. The molecule has 3 heterocycles. The van der Waals surface area contributed by atoms with Gasteiger partial charge in [-0.05, 0) is 61.3 Å². The highest BCUT2D eigenvalue weighted by Crippen LogP contribution is 2.50. The third kappa shape index (κ3) is 5.58. The third-order valence-corrected chi connectivity index (χ3v) is 9.88. The van der Waals surface area contributed by atoms with Crippen LogP contribution in [-0.4, -0.2) is 70.3 Å². The SMILES string of the molecule is CC/C(=C\c1ccccc1O)CC[C@H]1OC[C@H]2C1=C(CO)C[C@H]1C(=O)N(C3CCN(Cc4ccccc4)CC3)C(=O)[C@H]12. The van der Waals surface area contributed by atoms with Gasteiger partial charge in [0, 0.05) is 37.2 Å². The number of nitrogens with zero attached hydrogens (tertiary/aromatic N) is 2. The highest BCUT2D eigenvalue weighted by molar-refractivity contribution is 6.06. The monoisotopic (exact) mass is 570 g/mol. The van der Waals surface area contributed by atoms with E-state index in [0.29, 0.717) is 13.0 Å². The number of rotatable bonds is 9. The minimum absolute atomic E-state index is 0.0380. The maximum atomic E-state index is 13.9. The number of carbonyl (C=O) groups excluding carboxylic acids is 2. The first-order valence-electron chi connectivity index (χ1n) is 15.5. The number of likely N-dealkylation sites (tertiary alicyclic amines) is 2. The van der Waals surface area contributed by atoms with Crippen molar-refractivity contribution in [2.75, 3.05) is 26.3 Å². The molecule has 1 aliphatic carbocycles. The number of ether oxygens (including phenoxy) is 1. The molecule has 3 aliphatic heterocycles. The van der Waals surface area contributed by atoms with E-state index < -0.39 is 11.8 Å². The van der Waals surface area contributed by atoms with Gasteiger partial charge >= 0.3 is 0 Å². The van der Waals surface area contributed by atoms with Gasteiger partial charge in [0.25, 0.3) is 0 Å². The van der Waals surface area contributed by atoms with Crippen LogP contribution in [0.15, 0.2) is 71.3 Å². The maximum absolute atomic E-state index is 13.9. The number of hydrogen-bond donors (Lipinski definition) is 2. The zero-order valence-electron chi connectivity index (χ0n) is 24.5. The van der Waals surface area contributed by atoms with Crippen molar-refractivity contribution < 1.29 is 24.5 Å². The molecule has 3 saturated heterocycles. The average molecular weight is 571 g/mol. The number of carbonyl (C=O) groups is 2. The van der Waals surface area contributed by atoms with Crippen molar-refractivity contribution in [2.24, 2.45) is 17.8 Å². The molecule has 7 heteroatoms. The highest BCUT2D eigenvalue weighted by Gasteiger charge is 2.58. The lowest BCUT2D eigenvalue weighted by atomic mass is 9.69. The first kappa shape index (κ1) is 28.8. The van der Waals surface area contributed by atoms with Gasteiger partial charge in [-0.25, -0.2) is 0 Å². The lowest BCUT2D eigenvalue weighted by Crippen LogP contribution is -2.47. The van der Waals surface area contributed by atoms with Crippen LogP contribution in [0.3, 0.4) is 0 Å². The van der Waals surface area contributed by atoms with Crippen molar-refractivity contribution >= 4 is 17.9 Å². The molecule has 2 N–H and O–H groups in total. The quantitative estimate of drug-likeness (QED) is 0.328. The van der Waals surface area contributed by atoms with E-state index in [1.165, 1.54) is 11.1 Å². The topological polar surface area (TPSA) is 90.3 Å². The molecule has 6 rings (SSSR count). The Morgan fingerprint density at radius 3 is 2.45 bits per heavy atom. The fourth-order valence-electron chi connectivity index (χ4n) is 7.68. The molecule has 4 aliphatic rings. The van der Waals surface area contributed by atoms with Gasteiger partial charge in [0.2, 0.25) is 11.8 Å². The number of fused-ring (bicyclic) bond motifs is 3. The van der Waals surface area contributed by atoms with Crippen LogP contribution in [0.4, 0.5) is 0 Å². The maximum Gasteiger partial charge on any atom is 0.234 e. The van der Waals surface area contributed by atoms with Crippen LogP contribution in [-0.2, 0) is 20.9 Å². The molecular formula is C35H42N2O5. The number of phenolic OH excluding ortho intramolecular Hbond substituents is 1. The molecule has 0 unspecified atom stereocenters. The molecule has 222 valence electrons. The summed E-state index contributed by atoms with van der Waals surface area (Å²) in [6.07, 6.45) is 6.29. The van der Waals surface area contributed by atoms with Gasteiger partial charge in [0.05, 0.1) is 31.2 Å². The van der Waals surface area contributed by atoms with Crippen LogP contribution in [0, 0.1) is 17.8 Å². The number of allylic oxidation sites excluding steroid dienone is 1. The smallest absolute Gasteiger partial charge is 0.234 e. The first-order valence-corrected chi connectivity index (χ1v) is 15.5. The van der Waals surface area contributed by atoms with Crippen LogP contribution in [0.25, 0.3) is 6.08 Å². The molecule has 0 aromatic heterocycles. The van der Waals surface area contributed by atoms with Crippen LogP contribution in [0.2, 0.25) is 0 Å². The Balaban J connectivity index is 1.13.